The molecule has 0 radical (unpaired) electrons. The number of piperidine rings is 1. The molecule has 38 heavy (non-hydrogen) atoms. The number of hydrogen-bond acceptors (Lipinski definition) is 10. The van der Waals surface area contributed by atoms with E-state index in [1.807, 2.05) is 12.1 Å². The van der Waals surface area contributed by atoms with Gasteiger partial charge in [0.1, 0.15) is 10.8 Å². The van der Waals surface area contributed by atoms with Gasteiger partial charge in [-0.15, -0.1) is 0 Å². The molecule has 1 aliphatic carbocycles. The molecule has 13 heteroatoms. The smallest absolute Gasteiger partial charge is 0.229 e. The van der Waals surface area contributed by atoms with Crippen LogP contribution < -0.4 is 26.4 Å². The lowest BCUT2D eigenvalue weighted by Gasteiger charge is -2.25. The van der Waals surface area contributed by atoms with Crippen LogP contribution in [0.1, 0.15) is 51.0 Å². The molecule has 0 spiro atoms. The highest BCUT2D eigenvalue weighted by Crippen LogP contribution is 2.41. The molecule has 2 heterocycles. The third kappa shape index (κ3) is 6.69. The molecule has 4 rings (SSSR count). The average molecular weight is 583 g/mol. The molecular weight excluding hydrogens is 549 g/mol. The number of anilines is 3. The summed E-state index contributed by atoms with van der Waals surface area (Å²) in [7, 11) is -2.25. The van der Waals surface area contributed by atoms with Crippen molar-refractivity contribution in [1.82, 2.24) is 15.3 Å². The summed E-state index contributed by atoms with van der Waals surface area (Å²) in [4.78, 5) is 12.7. The van der Waals surface area contributed by atoms with Gasteiger partial charge in [-0.25, -0.2) is 13.4 Å². The average Bonchev–Trinajstić information content (AvgIpc) is 3.71. The van der Waals surface area contributed by atoms with E-state index < -0.39 is 15.1 Å². The largest absolute Gasteiger partial charge is 0.488 e. The van der Waals surface area contributed by atoms with E-state index in [1.54, 1.807) is 13.8 Å². The fourth-order valence-electron chi connectivity index (χ4n) is 4.03. The number of allylic oxidation sites excluding steroid dienone is 1. The Morgan fingerprint density at radius 2 is 1.92 bits per heavy atom. The molecule has 1 saturated carbocycles. The molecule has 0 unspecified atom stereocenters. The van der Waals surface area contributed by atoms with Crippen LogP contribution in [-0.4, -0.2) is 56.1 Å². The first-order valence-electron chi connectivity index (χ1n) is 12.5. The van der Waals surface area contributed by atoms with Crippen molar-refractivity contribution < 1.29 is 13.2 Å². The normalized spacial score (nSPS) is 17.5. The number of nitrogens with zero attached hydrogens (tertiary/aromatic N) is 3. The Labute approximate surface area is 233 Å². The van der Waals surface area contributed by atoms with Crippen molar-refractivity contribution in [1.29, 1.82) is 0 Å². The van der Waals surface area contributed by atoms with Crippen molar-refractivity contribution in [3.05, 3.63) is 44.7 Å². The van der Waals surface area contributed by atoms with Crippen molar-refractivity contribution in [3.8, 4) is 5.75 Å². The molecule has 10 nitrogen and oxygen atoms in total. The van der Waals surface area contributed by atoms with E-state index in [0.29, 0.717) is 22.4 Å². The summed E-state index contributed by atoms with van der Waals surface area (Å²) in [6.45, 7) is 5.00. The zero-order chi connectivity index (χ0) is 27.4. The molecule has 206 valence electrons. The maximum Gasteiger partial charge on any atom is 0.229 e. The van der Waals surface area contributed by atoms with Gasteiger partial charge in [0.2, 0.25) is 5.95 Å². The summed E-state index contributed by atoms with van der Waals surface area (Å²) < 4.78 is 31.5. The van der Waals surface area contributed by atoms with Gasteiger partial charge in [-0.3, -0.25) is 4.99 Å². The number of benzene rings is 1. The lowest BCUT2D eigenvalue weighted by Crippen LogP contribution is -2.26. The Balaban J connectivity index is 1.65. The van der Waals surface area contributed by atoms with Gasteiger partial charge < -0.3 is 26.4 Å². The standard InChI is InChI=1S/C25H33Cl2N7O3S/c1-14(2)38(35,36)23(28)21(13-29-3)32-24-19(27)12-31-25(34-24)33-20-11-18(26)17(15-6-8-30-9-7-15)10-22(20)37-16-4-5-16/h10-16,30H,4-9,28H2,1-3H3,(H2,31,32,33,34). The van der Waals surface area contributed by atoms with E-state index in [2.05, 4.69) is 30.9 Å². The minimum Gasteiger partial charge on any atom is -0.488 e. The number of aliphatic imine (C=N–C) groups is 1. The molecule has 1 aromatic heterocycles. The van der Waals surface area contributed by atoms with Crippen molar-refractivity contribution in [2.45, 2.75) is 56.8 Å². The molecule has 2 aromatic rings. The summed E-state index contributed by atoms with van der Waals surface area (Å²) in [6, 6.07) is 3.86. The number of nitrogens with two attached hydrogens (primary N) is 1. The SMILES string of the molecule is CN=CC(Nc1nc(Nc2cc(Cl)c(C3CCNCC3)cc2OC2CC2)ncc1Cl)=C(N)S(=O)(=O)C(C)C. The molecule has 0 atom stereocenters. The first-order chi connectivity index (χ1) is 18.1. The highest BCUT2D eigenvalue weighted by molar-refractivity contribution is 7.95. The number of ether oxygens (including phenoxy) is 1. The number of sulfone groups is 1. The Morgan fingerprint density at radius 3 is 2.55 bits per heavy atom. The van der Waals surface area contributed by atoms with Gasteiger partial charge in [-0.05, 0) is 76.2 Å². The lowest BCUT2D eigenvalue weighted by molar-refractivity contribution is 0.304. The third-order valence-corrected chi connectivity index (χ3v) is 9.07. The van der Waals surface area contributed by atoms with E-state index in [9.17, 15) is 8.42 Å². The molecular formula is C25H33Cl2N7O3S. The minimum absolute atomic E-state index is 0.0554. The fourth-order valence-corrected chi connectivity index (χ4v) is 5.41. The highest BCUT2D eigenvalue weighted by atomic mass is 35.5. The Morgan fingerprint density at radius 1 is 1.21 bits per heavy atom. The molecule has 0 bridgehead atoms. The van der Waals surface area contributed by atoms with Crippen LogP contribution in [0.2, 0.25) is 10.0 Å². The second-order valence-electron chi connectivity index (χ2n) is 9.61. The van der Waals surface area contributed by atoms with E-state index in [0.717, 1.165) is 44.3 Å². The highest BCUT2D eigenvalue weighted by Gasteiger charge is 2.27. The first-order valence-corrected chi connectivity index (χ1v) is 14.8. The van der Waals surface area contributed by atoms with Gasteiger partial charge in [0.05, 0.1) is 28.9 Å². The van der Waals surface area contributed by atoms with Gasteiger partial charge in [-0.1, -0.05) is 23.2 Å². The maximum atomic E-state index is 12.6. The zero-order valence-corrected chi connectivity index (χ0v) is 23.9. The van der Waals surface area contributed by atoms with Gasteiger partial charge in [0.15, 0.2) is 20.7 Å². The Bertz CT molecular complexity index is 1340. The predicted octanol–water partition coefficient (Wildman–Crippen LogP) is 4.60. The molecule has 5 N–H and O–H groups in total. The van der Waals surface area contributed by atoms with Crippen LogP contribution >= 0.6 is 23.2 Å². The van der Waals surface area contributed by atoms with Crippen LogP contribution in [0, 0.1) is 0 Å². The molecule has 2 aliphatic rings. The topological polar surface area (TPSA) is 144 Å². The quantitative estimate of drug-likeness (QED) is 0.296. The van der Waals surface area contributed by atoms with Crippen LogP contribution in [0.5, 0.6) is 5.75 Å². The first kappa shape index (κ1) is 28.4. The molecule has 1 saturated heterocycles. The molecule has 1 aliphatic heterocycles. The predicted molar refractivity (Wildman–Crippen MR) is 154 cm³/mol. The van der Waals surface area contributed by atoms with Crippen LogP contribution in [0.15, 0.2) is 34.0 Å². The van der Waals surface area contributed by atoms with Crippen molar-refractivity contribution in [2.24, 2.45) is 10.7 Å². The van der Waals surface area contributed by atoms with Gasteiger partial charge in [0.25, 0.3) is 0 Å². The maximum absolute atomic E-state index is 12.6. The summed E-state index contributed by atoms with van der Waals surface area (Å²) in [6.07, 6.45) is 6.92. The minimum atomic E-state index is -3.75. The zero-order valence-electron chi connectivity index (χ0n) is 21.6. The monoisotopic (exact) mass is 581 g/mol. The summed E-state index contributed by atoms with van der Waals surface area (Å²) >= 11 is 13.1. The van der Waals surface area contributed by atoms with Crippen molar-refractivity contribution >= 4 is 56.7 Å². The van der Waals surface area contributed by atoms with Crippen LogP contribution in [0.3, 0.4) is 0 Å². The van der Waals surface area contributed by atoms with Crippen molar-refractivity contribution in [2.75, 3.05) is 30.8 Å². The second kappa shape index (κ2) is 12.1. The Kier molecular flexibility index (Phi) is 9.02. The Hall–Kier alpha value is -2.60. The fraction of sp³-hybridized carbons (Fsp3) is 0.480. The summed E-state index contributed by atoms with van der Waals surface area (Å²) in [5.41, 5.74) is 7.76. The van der Waals surface area contributed by atoms with Crippen molar-refractivity contribution in [3.63, 3.8) is 0 Å². The number of hydrogen-bond donors (Lipinski definition) is 4. The van der Waals surface area contributed by atoms with E-state index in [-0.39, 0.29) is 33.6 Å². The summed E-state index contributed by atoms with van der Waals surface area (Å²) in [5.74, 6) is 1.41. The van der Waals surface area contributed by atoms with E-state index >= 15 is 0 Å². The summed E-state index contributed by atoms with van der Waals surface area (Å²) in [5, 5.41) is 9.20. The number of aromatic nitrogens is 2. The van der Waals surface area contributed by atoms with Crippen LogP contribution in [0.4, 0.5) is 17.5 Å². The molecule has 0 amide bonds. The van der Waals surface area contributed by atoms with Gasteiger partial charge in [0, 0.05) is 18.3 Å². The van der Waals surface area contributed by atoms with Crippen LogP contribution in [0.25, 0.3) is 0 Å². The van der Waals surface area contributed by atoms with Gasteiger partial charge >= 0.3 is 0 Å². The third-order valence-electron chi connectivity index (χ3n) is 6.39. The van der Waals surface area contributed by atoms with Gasteiger partial charge in [-0.2, -0.15) is 4.98 Å². The number of rotatable bonds is 10. The van der Waals surface area contributed by atoms with E-state index in [4.69, 9.17) is 33.7 Å². The number of halogens is 2. The lowest BCUT2D eigenvalue weighted by atomic mass is 9.90. The second-order valence-corrected chi connectivity index (χ2v) is 12.9. The van der Waals surface area contributed by atoms with E-state index in [1.165, 1.54) is 19.5 Å². The molecule has 1 aromatic carbocycles. The number of nitrogens with one attached hydrogen (secondary N) is 3. The molecule has 2 fully saturated rings. The van der Waals surface area contributed by atoms with Crippen LogP contribution in [-0.2, 0) is 9.84 Å².